The Balaban J connectivity index is 1.16. The van der Waals surface area contributed by atoms with Gasteiger partial charge >= 0.3 is 0 Å². The summed E-state index contributed by atoms with van der Waals surface area (Å²) in [6, 6.07) is 16.1. The fourth-order valence-corrected chi connectivity index (χ4v) is 4.71. The van der Waals surface area contributed by atoms with Gasteiger partial charge in [-0.15, -0.1) is 0 Å². The van der Waals surface area contributed by atoms with Crippen molar-refractivity contribution in [1.29, 1.82) is 0 Å². The standard InChI is InChI=1S/C26H24FN3O4/c27-20-3-1-2-18(12-20)16-30-21-6-11-32-24(21)14-22(30)26(31)29-9-7-28(8-10-29)15-19-4-5-23-25(13-19)34-17-33-23/h1-6,11-14H,7-10,15-17H2. The average Bonchev–Trinajstić information content (AvgIpc) is 3.56. The summed E-state index contributed by atoms with van der Waals surface area (Å²) in [5, 5.41) is 0. The number of benzene rings is 2. The SMILES string of the molecule is O=C(c1cc2occc2n1Cc1cccc(F)c1)N1CCN(Cc2ccc3c(c2)OCO3)CC1. The lowest BCUT2D eigenvalue weighted by atomic mass is 10.1. The first-order valence-electron chi connectivity index (χ1n) is 11.4. The highest BCUT2D eigenvalue weighted by Gasteiger charge is 2.26. The van der Waals surface area contributed by atoms with Crippen LogP contribution < -0.4 is 9.47 Å². The summed E-state index contributed by atoms with van der Waals surface area (Å²) in [5.74, 6) is 1.24. The smallest absolute Gasteiger partial charge is 0.270 e. The maximum Gasteiger partial charge on any atom is 0.270 e. The number of nitrogens with zero attached hydrogens (tertiary/aromatic N) is 3. The van der Waals surface area contributed by atoms with Gasteiger partial charge in [0.05, 0.1) is 11.8 Å². The zero-order valence-electron chi connectivity index (χ0n) is 18.6. The lowest BCUT2D eigenvalue weighted by Crippen LogP contribution is -2.48. The molecule has 1 amide bonds. The number of fused-ring (bicyclic) bond motifs is 2. The summed E-state index contributed by atoms with van der Waals surface area (Å²) >= 11 is 0. The van der Waals surface area contributed by atoms with Crippen LogP contribution in [0.2, 0.25) is 0 Å². The summed E-state index contributed by atoms with van der Waals surface area (Å²) in [4.78, 5) is 17.7. The van der Waals surface area contributed by atoms with Crippen molar-refractivity contribution >= 4 is 17.0 Å². The second-order valence-corrected chi connectivity index (χ2v) is 8.67. The molecule has 0 saturated carbocycles. The van der Waals surface area contributed by atoms with Crippen LogP contribution in [-0.2, 0) is 13.1 Å². The van der Waals surface area contributed by atoms with E-state index in [4.69, 9.17) is 13.9 Å². The van der Waals surface area contributed by atoms with Crippen LogP contribution in [0.1, 0.15) is 21.6 Å². The number of ether oxygens (including phenoxy) is 2. The van der Waals surface area contributed by atoms with Gasteiger partial charge in [0, 0.05) is 51.4 Å². The monoisotopic (exact) mass is 461 g/mol. The zero-order valence-corrected chi connectivity index (χ0v) is 18.6. The first-order chi connectivity index (χ1) is 16.6. The minimum Gasteiger partial charge on any atom is -0.463 e. The number of hydrogen-bond acceptors (Lipinski definition) is 5. The summed E-state index contributed by atoms with van der Waals surface area (Å²) in [6.45, 7) is 4.28. The van der Waals surface area contributed by atoms with Crippen molar-refractivity contribution in [2.24, 2.45) is 0 Å². The zero-order chi connectivity index (χ0) is 23.1. The molecular weight excluding hydrogens is 437 g/mol. The van der Waals surface area contributed by atoms with Crippen LogP contribution >= 0.6 is 0 Å². The largest absolute Gasteiger partial charge is 0.463 e. The van der Waals surface area contributed by atoms with Crippen LogP contribution in [0.25, 0.3) is 11.1 Å². The van der Waals surface area contributed by atoms with Crippen molar-refractivity contribution in [2.45, 2.75) is 13.1 Å². The van der Waals surface area contributed by atoms with E-state index in [1.54, 1.807) is 18.4 Å². The Kier molecular flexibility index (Phi) is 5.22. The maximum atomic E-state index is 13.7. The topological polar surface area (TPSA) is 60.1 Å². The molecule has 2 aliphatic heterocycles. The van der Waals surface area contributed by atoms with Gasteiger partial charge in [0.1, 0.15) is 11.5 Å². The number of piperazine rings is 1. The van der Waals surface area contributed by atoms with Crippen LogP contribution in [0.3, 0.4) is 0 Å². The number of rotatable bonds is 5. The number of carbonyl (C=O) groups excluding carboxylic acids is 1. The summed E-state index contributed by atoms with van der Waals surface area (Å²) in [7, 11) is 0. The number of carbonyl (C=O) groups is 1. The van der Waals surface area contributed by atoms with Gasteiger partial charge in [-0.25, -0.2) is 4.39 Å². The van der Waals surface area contributed by atoms with E-state index in [1.165, 1.54) is 12.1 Å². The van der Waals surface area contributed by atoms with Crippen LogP contribution in [0.15, 0.2) is 65.3 Å². The first-order valence-corrected chi connectivity index (χ1v) is 11.4. The molecule has 0 spiro atoms. The van der Waals surface area contributed by atoms with Gasteiger partial charge in [-0.3, -0.25) is 9.69 Å². The second-order valence-electron chi connectivity index (χ2n) is 8.67. The fourth-order valence-electron chi connectivity index (χ4n) is 4.71. The highest BCUT2D eigenvalue weighted by Crippen LogP contribution is 2.33. The Bertz CT molecular complexity index is 1350. The predicted molar refractivity (Wildman–Crippen MR) is 123 cm³/mol. The molecule has 174 valence electrons. The minimum atomic E-state index is -0.292. The number of furan rings is 1. The van der Waals surface area contributed by atoms with Crippen molar-refractivity contribution < 1.29 is 23.1 Å². The Hall–Kier alpha value is -3.78. The van der Waals surface area contributed by atoms with Crippen LogP contribution in [0.5, 0.6) is 11.5 Å². The van der Waals surface area contributed by atoms with Crippen molar-refractivity contribution in [3.63, 3.8) is 0 Å². The number of halogens is 1. The van der Waals surface area contributed by atoms with E-state index in [2.05, 4.69) is 11.0 Å². The van der Waals surface area contributed by atoms with Gasteiger partial charge in [0.25, 0.3) is 5.91 Å². The molecular formula is C26H24FN3O4. The molecule has 2 aromatic carbocycles. The molecule has 8 heteroatoms. The van der Waals surface area contributed by atoms with Crippen molar-refractivity contribution in [2.75, 3.05) is 33.0 Å². The Labute approximate surface area is 195 Å². The fraction of sp³-hybridized carbons (Fsp3) is 0.269. The molecule has 2 aliphatic rings. The van der Waals surface area contributed by atoms with E-state index in [0.29, 0.717) is 30.9 Å². The van der Waals surface area contributed by atoms with Crippen LogP contribution in [-0.4, -0.2) is 53.2 Å². The lowest BCUT2D eigenvalue weighted by Gasteiger charge is -2.35. The van der Waals surface area contributed by atoms with Crippen molar-refractivity contribution in [3.05, 3.63) is 83.5 Å². The predicted octanol–water partition coefficient (Wildman–Crippen LogP) is 4.11. The molecule has 7 nitrogen and oxygen atoms in total. The molecule has 34 heavy (non-hydrogen) atoms. The quantitative estimate of drug-likeness (QED) is 0.448. The average molecular weight is 461 g/mol. The summed E-state index contributed by atoms with van der Waals surface area (Å²) in [6.07, 6.45) is 1.61. The Morgan fingerprint density at radius 3 is 2.56 bits per heavy atom. The molecule has 4 aromatic rings. The third kappa shape index (κ3) is 3.90. The third-order valence-corrected chi connectivity index (χ3v) is 6.47. The highest BCUT2D eigenvalue weighted by atomic mass is 19.1. The van der Waals surface area contributed by atoms with E-state index in [-0.39, 0.29) is 18.5 Å². The molecule has 1 fully saturated rings. The van der Waals surface area contributed by atoms with E-state index >= 15 is 0 Å². The van der Waals surface area contributed by atoms with Gasteiger partial charge in [0.2, 0.25) is 6.79 Å². The van der Waals surface area contributed by atoms with Gasteiger partial charge in [-0.1, -0.05) is 18.2 Å². The number of aromatic nitrogens is 1. The van der Waals surface area contributed by atoms with Crippen LogP contribution in [0.4, 0.5) is 4.39 Å². The normalized spacial score (nSPS) is 15.9. The minimum absolute atomic E-state index is 0.0365. The van der Waals surface area contributed by atoms with Crippen molar-refractivity contribution in [3.8, 4) is 11.5 Å². The molecule has 1 saturated heterocycles. The van der Waals surface area contributed by atoms with E-state index in [9.17, 15) is 9.18 Å². The molecule has 0 N–H and O–H groups in total. The molecule has 0 radical (unpaired) electrons. The van der Waals surface area contributed by atoms with Crippen molar-refractivity contribution in [1.82, 2.24) is 14.4 Å². The molecule has 0 atom stereocenters. The third-order valence-electron chi connectivity index (χ3n) is 6.47. The van der Waals surface area contributed by atoms with Gasteiger partial charge < -0.3 is 23.4 Å². The summed E-state index contributed by atoms with van der Waals surface area (Å²) < 4.78 is 32.1. The van der Waals surface area contributed by atoms with Gasteiger partial charge in [-0.2, -0.15) is 0 Å². The summed E-state index contributed by atoms with van der Waals surface area (Å²) in [5.41, 5.74) is 3.99. The number of hydrogen-bond donors (Lipinski definition) is 0. The highest BCUT2D eigenvalue weighted by molar-refractivity contribution is 5.97. The lowest BCUT2D eigenvalue weighted by molar-refractivity contribution is 0.0619. The van der Waals surface area contributed by atoms with E-state index in [1.807, 2.05) is 33.7 Å². The van der Waals surface area contributed by atoms with Crippen LogP contribution in [0, 0.1) is 5.82 Å². The molecule has 0 aliphatic carbocycles. The van der Waals surface area contributed by atoms with E-state index < -0.39 is 0 Å². The molecule has 6 rings (SSSR count). The van der Waals surface area contributed by atoms with Gasteiger partial charge in [0.15, 0.2) is 17.1 Å². The first kappa shape index (κ1) is 20.8. The van der Waals surface area contributed by atoms with E-state index in [0.717, 1.165) is 47.8 Å². The molecule has 0 bridgehead atoms. The maximum absolute atomic E-state index is 13.7. The number of amides is 1. The Morgan fingerprint density at radius 1 is 0.882 bits per heavy atom. The molecule has 2 aromatic heterocycles. The molecule has 0 unspecified atom stereocenters. The second kappa shape index (κ2) is 8.53. The molecule has 4 heterocycles. The Morgan fingerprint density at radius 2 is 1.71 bits per heavy atom. The van der Waals surface area contributed by atoms with Gasteiger partial charge in [-0.05, 0) is 35.4 Å².